The van der Waals surface area contributed by atoms with Gasteiger partial charge in [-0.15, -0.1) is 11.3 Å². The number of nitrogen functional groups attached to an aromatic ring is 1. The average Bonchev–Trinajstić information content (AvgIpc) is 2.43. The Labute approximate surface area is 92.9 Å². The Kier molecular flexibility index (Phi) is 2.52. The van der Waals surface area contributed by atoms with Crippen LogP contribution in [0.2, 0.25) is 0 Å². The van der Waals surface area contributed by atoms with Crippen LogP contribution in [-0.2, 0) is 0 Å². The number of thiophene rings is 1. The van der Waals surface area contributed by atoms with Crippen LogP contribution in [0, 0.1) is 13.8 Å². The zero-order chi connectivity index (χ0) is 11.0. The third-order valence-corrected chi connectivity index (χ3v) is 3.54. The molecule has 0 amide bonds. The molecule has 0 radical (unpaired) electrons. The van der Waals surface area contributed by atoms with Crippen molar-refractivity contribution in [3.63, 3.8) is 0 Å². The minimum Gasteiger partial charge on any atom is -0.478 e. The van der Waals surface area contributed by atoms with Crippen molar-refractivity contribution in [2.45, 2.75) is 20.8 Å². The topological polar surface area (TPSA) is 48.1 Å². The molecule has 0 saturated carbocycles. The van der Waals surface area contributed by atoms with Crippen LogP contribution in [0.1, 0.15) is 17.4 Å². The van der Waals surface area contributed by atoms with Gasteiger partial charge in [-0.2, -0.15) is 0 Å². The fourth-order valence-corrected chi connectivity index (χ4v) is 2.64. The lowest BCUT2D eigenvalue weighted by atomic mass is 10.2. The van der Waals surface area contributed by atoms with E-state index in [-0.39, 0.29) is 0 Å². The molecule has 0 fully saturated rings. The number of nitrogens with two attached hydrogens (primary N) is 1. The van der Waals surface area contributed by atoms with Crippen LogP contribution in [-0.4, -0.2) is 11.6 Å². The molecular formula is C11H14N2OS. The van der Waals surface area contributed by atoms with Crippen LogP contribution in [0.4, 0.5) is 5.69 Å². The summed E-state index contributed by atoms with van der Waals surface area (Å²) >= 11 is 1.66. The Bertz CT molecular complexity index is 505. The monoisotopic (exact) mass is 222 g/mol. The van der Waals surface area contributed by atoms with Crippen molar-refractivity contribution < 1.29 is 4.74 Å². The first-order valence-corrected chi connectivity index (χ1v) is 5.74. The predicted octanol–water partition coefficient (Wildman–Crippen LogP) is 2.89. The lowest BCUT2D eigenvalue weighted by molar-refractivity contribution is 0.328. The molecule has 2 aromatic rings. The second-order valence-corrected chi connectivity index (χ2v) is 4.65. The normalized spacial score (nSPS) is 10.9. The van der Waals surface area contributed by atoms with Crippen LogP contribution in [0.15, 0.2) is 6.07 Å². The molecule has 0 atom stereocenters. The highest BCUT2D eigenvalue weighted by Crippen LogP contribution is 2.34. The number of rotatable bonds is 2. The van der Waals surface area contributed by atoms with Gasteiger partial charge in [-0.25, -0.2) is 4.98 Å². The zero-order valence-electron chi connectivity index (χ0n) is 9.13. The number of hydrogen-bond acceptors (Lipinski definition) is 4. The summed E-state index contributed by atoms with van der Waals surface area (Å²) in [5.74, 6) is 0.615. The van der Waals surface area contributed by atoms with E-state index in [1.807, 2.05) is 6.92 Å². The van der Waals surface area contributed by atoms with E-state index in [9.17, 15) is 0 Å². The molecule has 80 valence electrons. The van der Waals surface area contributed by atoms with Gasteiger partial charge in [0, 0.05) is 22.0 Å². The maximum atomic E-state index is 5.99. The molecule has 2 aromatic heterocycles. The molecular weight excluding hydrogens is 208 g/mol. The molecule has 0 unspecified atom stereocenters. The maximum absolute atomic E-state index is 5.99. The fraction of sp³-hybridized carbons (Fsp3) is 0.364. The Hall–Kier alpha value is -1.29. The smallest absolute Gasteiger partial charge is 0.216 e. The number of pyridine rings is 1. The highest BCUT2D eigenvalue weighted by Gasteiger charge is 2.11. The number of anilines is 1. The van der Waals surface area contributed by atoms with Crippen molar-refractivity contribution in [2.24, 2.45) is 0 Å². The number of nitrogens with zero attached hydrogens (tertiary/aromatic N) is 1. The van der Waals surface area contributed by atoms with Gasteiger partial charge in [0.05, 0.1) is 6.61 Å². The summed E-state index contributed by atoms with van der Waals surface area (Å²) in [5, 5.41) is 1.07. The van der Waals surface area contributed by atoms with E-state index >= 15 is 0 Å². The number of aromatic nitrogens is 1. The molecule has 0 aromatic carbocycles. The van der Waals surface area contributed by atoms with Gasteiger partial charge in [0.25, 0.3) is 0 Å². The van der Waals surface area contributed by atoms with Gasteiger partial charge in [-0.3, -0.25) is 0 Å². The van der Waals surface area contributed by atoms with E-state index in [1.54, 1.807) is 17.4 Å². The van der Waals surface area contributed by atoms with Gasteiger partial charge in [-0.05, 0) is 26.3 Å². The molecule has 2 rings (SSSR count). The van der Waals surface area contributed by atoms with Gasteiger partial charge >= 0.3 is 0 Å². The van der Waals surface area contributed by atoms with Crippen LogP contribution in [0.25, 0.3) is 10.2 Å². The molecule has 3 nitrogen and oxygen atoms in total. The third kappa shape index (κ3) is 1.65. The van der Waals surface area contributed by atoms with E-state index in [0.29, 0.717) is 12.5 Å². The zero-order valence-corrected chi connectivity index (χ0v) is 9.94. The lowest BCUT2D eigenvalue weighted by Gasteiger charge is -2.04. The second kappa shape index (κ2) is 3.70. The Morgan fingerprint density at radius 2 is 2.20 bits per heavy atom. The fourth-order valence-electron chi connectivity index (χ4n) is 1.59. The number of aryl methyl sites for hydroxylation is 2. The van der Waals surface area contributed by atoms with Gasteiger partial charge in [-0.1, -0.05) is 0 Å². The van der Waals surface area contributed by atoms with Crippen LogP contribution in [0.3, 0.4) is 0 Å². The second-order valence-electron chi connectivity index (χ2n) is 3.45. The molecule has 4 heteroatoms. The van der Waals surface area contributed by atoms with Crippen LogP contribution in [0.5, 0.6) is 5.88 Å². The van der Waals surface area contributed by atoms with Gasteiger partial charge < -0.3 is 10.5 Å². The molecule has 15 heavy (non-hydrogen) atoms. The Balaban J connectivity index is 2.67. The summed E-state index contributed by atoms with van der Waals surface area (Å²) in [5.41, 5.74) is 7.97. The summed E-state index contributed by atoms with van der Waals surface area (Å²) in [4.78, 5) is 6.65. The van der Waals surface area contributed by atoms with Crippen LogP contribution >= 0.6 is 11.3 Å². The van der Waals surface area contributed by atoms with E-state index in [2.05, 4.69) is 18.8 Å². The maximum Gasteiger partial charge on any atom is 0.216 e. The minimum absolute atomic E-state index is 0.612. The van der Waals surface area contributed by atoms with Gasteiger partial charge in [0.1, 0.15) is 4.83 Å². The first-order valence-electron chi connectivity index (χ1n) is 4.92. The molecule has 0 aliphatic carbocycles. The van der Waals surface area contributed by atoms with Crippen molar-refractivity contribution in [3.05, 3.63) is 16.5 Å². The number of ether oxygens (including phenoxy) is 1. The van der Waals surface area contributed by atoms with Gasteiger partial charge in [0.2, 0.25) is 5.88 Å². The van der Waals surface area contributed by atoms with Crippen molar-refractivity contribution in [1.82, 2.24) is 4.98 Å². The summed E-state index contributed by atoms with van der Waals surface area (Å²) in [6.07, 6.45) is 0. The third-order valence-electron chi connectivity index (χ3n) is 2.44. The summed E-state index contributed by atoms with van der Waals surface area (Å²) in [7, 11) is 0. The summed E-state index contributed by atoms with van der Waals surface area (Å²) in [6.45, 7) is 6.71. The molecule has 0 aliphatic heterocycles. The standard InChI is InChI=1S/C11H14N2OS/c1-4-14-9-5-8(12)10-6(2)7(3)15-11(10)13-9/h5H,4H2,1-3H3,(H2,12,13). The molecule has 0 bridgehead atoms. The number of hydrogen-bond donors (Lipinski definition) is 1. The lowest BCUT2D eigenvalue weighted by Crippen LogP contribution is -1.96. The Morgan fingerprint density at radius 3 is 2.87 bits per heavy atom. The van der Waals surface area contributed by atoms with E-state index in [0.717, 1.165) is 15.9 Å². The minimum atomic E-state index is 0.612. The molecule has 0 aliphatic rings. The molecule has 0 spiro atoms. The largest absolute Gasteiger partial charge is 0.478 e. The number of fused-ring (bicyclic) bond motifs is 1. The molecule has 2 heterocycles. The van der Waals surface area contributed by atoms with E-state index in [1.165, 1.54) is 10.4 Å². The van der Waals surface area contributed by atoms with E-state index < -0.39 is 0 Å². The van der Waals surface area contributed by atoms with Crippen molar-refractivity contribution in [3.8, 4) is 5.88 Å². The SMILES string of the molecule is CCOc1cc(N)c2c(C)c(C)sc2n1. The first-order chi connectivity index (χ1) is 7.13. The van der Waals surface area contributed by atoms with Crippen molar-refractivity contribution in [2.75, 3.05) is 12.3 Å². The summed E-state index contributed by atoms with van der Waals surface area (Å²) < 4.78 is 5.36. The summed E-state index contributed by atoms with van der Waals surface area (Å²) in [6, 6.07) is 1.80. The first kappa shape index (κ1) is 10.2. The highest BCUT2D eigenvalue weighted by atomic mass is 32.1. The molecule has 0 saturated heterocycles. The average molecular weight is 222 g/mol. The van der Waals surface area contributed by atoms with Crippen molar-refractivity contribution in [1.29, 1.82) is 0 Å². The predicted molar refractivity (Wildman–Crippen MR) is 64.7 cm³/mol. The van der Waals surface area contributed by atoms with Gasteiger partial charge in [0.15, 0.2) is 0 Å². The Morgan fingerprint density at radius 1 is 1.47 bits per heavy atom. The quantitative estimate of drug-likeness (QED) is 0.850. The highest BCUT2D eigenvalue weighted by molar-refractivity contribution is 7.18. The van der Waals surface area contributed by atoms with E-state index in [4.69, 9.17) is 10.5 Å². The van der Waals surface area contributed by atoms with Crippen LogP contribution < -0.4 is 10.5 Å². The van der Waals surface area contributed by atoms with Crippen molar-refractivity contribution >= 4 is 27.2 Å². The molecule has 2 N–H and O–H groups in total.